The van der Waals surface area contributed by atoms with Gasteiger partial charge in [-0.15, -0.1) is 10.2 Å². The van der Waals surface area contributed by atoms with Gasteiger partial charge in [0.1, 0.15) is 0 Å². The lowest BCUT2D eigenvalue weighted by molar-refractivity contribution is -0.129. The van der Waals surface area contributed by atoms with Crippen LogP contribution in [-0.4, -0.2) is 39.8 Å². The lowest BCUT2D eigenvalue weighted by atomic mass is 9.90. The van der Waals surface area contributed by atoms with Gasteiger partial charge >= 0.3 is 0 Å². The van der Waals surface area contributed by atoms with Gasteiger partial charge in [-0.2, -0.15) is 0 Å². The first-order valence-corrected chi connectivity index (χ1v) is 11.1. The number of piperidine rings is 1. The molecule has 150 valence electrons. The van der Waals surface area contributed by atoms with Crippen molar-refractivity contribution in [3.05, 3.63) is 65.2 Å². The molecule has 1 saturated heterocycles. The van der Waals surface area contributed by atoms with E-state index in [4.69, 9.17) is 16.0 Å². The predicted molar refractivity (Wildman–Crippen MR) is 115 cm³/mol. The molecule has 0 aliphatic carbocycles. The third-order valence-corrected chi connectivity index (χ3v) is 6.30. The smallest absolute Gasteiger partial charge is 0.277 e. The molecule has 1 aliphatic heterocycles. The van der Waals surface area contributed by atoms with Crippen molar-refractivity contribution in [2.24, 2.45) is 5.92 Å². The van der Waals surface area contributed by atoms with Crippen LogP contribution in [0.3, 0.4) is 0 Å². The minimum atomic E-state index is 0.116. The Hall–Kier alpha value is -2.31. The van der Waals surface area contributed by atoms with Crippen molar-refractivity contribution in [3.63, 3.8) is 0 Å². The fraction of sp³-hybridized carbons (Fsp3) is 0.318. The van der Waals surface area contributed by atoms with Crippen molar-refractivity contribution in [2.45, 2.75) is 24.5 Å². The van der Waals surface area contributed by atoms with Crippen molar-refractivity contribution < 1.29 is 9.21 Å². The minimum absolute atomic E-state index is 0.116. The zero-order valence-corrected chi connectivity index (χ0v) is 17.5. The largest absolute Gasteiger partial charge is 0.411 e. The molecule has 1 amide bonds. The van der Waals surface area contributed by atoms with E-state index in [9.17, 15) is 4.79 Å². The van der Waals surface area contributed by atoms with Crippen LogP contribution in [0.4, 0.5) is 0 Å². The van der Waals surface area contributed by atoms with E-state index in [0.717, 1.165) is 32.4 Å². The van der Waals surface area contributed by atoms with Gasteiger partial charge in [0.05, 0.1) is 16.3 Å². The molecule has 5 nitrogen and oxygen atoms in total. The number of hydrogen-bond donors (Lipinski definition) is 0. The lowest BCUT2D eigenvalue weighted by Gasteiger charge is -2.32. The zero-order chi connectivity index (χ0) is 20.1. The summed E-state index contributed by atoms with van der Waals surface area (Å²) in [6.45, 7) is 1.62. The molecule has 1 fully saturated rings. The molecule has 0 atom stereocenters. The summed E-state index contributed by atoms with van der Waals surface area (Å²) in [7, 11) is 0. The van der Waals surface area contributed by atoms with Crippen molar-refractivity contribution in [1.29, 1.82) is 0 Å². The average Bonchev–Trinajstić information content (AvgIpc) is 3.22. The molecule has 2 heterocycles. The Labute approximate surface area is 179 Å². The van der Waals surface area contributed by atoms with Gasteiger partial charge in [-0.1, -0.05) is 65.8 Å². The summed E-state index contributed by atoms with van der Waals surface area (Å²) in [5, 5.41) is 9.01. The summed E-state index contributed by atoms with van der Waals surface area (Å²) in [5.41, 5.74) is 2.07. The number of halogens is 1. The Morgan fingerprint density at radius 2 is 1.79 bits per heavy atom. The second kappa shape index (κ2) is 9.46. The molecule has 1 aliphatic rings. The number of likely N-dealkylation sites (tertiary alicyclic amines) is 1. The molecule has 2 aromatic carbocycles. The Kier molecular flexibility index (Phi) is 6.52. The van der Waals surface area contributed by atoms with E-state index in [1.165, 1.54) is 17.3 Å². The van der Waals surface area contributed by atoms with Crippen LogP contribution in [0.2, 0.25) is 5.02 Å². The van der Waals surface area contributed by atoms with Crippen LogP contribution >= 0.6 is 23.4 Å². The highest BCUT2D eigenvalue weighted by atomic mass is 35.5. The number of aromatic nitrogens is 2. The van der Waals surface area contributed by atoms with E-state index < -0.39 is 0 Å². The van der Waals surface area contributed by atoms with Crippen LogP contribution < -0.4 is 0 Å². The molecule has 29 heavy (non-hydrogen) atoms. The Balaban J connectivity index is 1.25. The first-order valence-electron chi connectivity index (χ1n) is 9.72. The second-order valence-corrected chi connectivity index (χ2v) is 8.49. The maximum atomic E-state index is 12.6. The van der Waals surface area contributed by atoms with Crippen molar-refractivity contribution in [3.8, 4) is 11.5 Å². The third-order valence-electron chi connectivity index (χ3n) is 5.16. The second-order valence-electron chi connectivity index (χ2n) is 7.16. The molecule has 1 aromatic heterocycles. The molecular weight excluding hydrogens is 406 g/mol. The van der Waals surface area contributed by atoms with Gasteiger partial charge in [0.2, 0.25) is 11.8 Å². The van der Waals surface area contributed by atoms with E-state index >= 15 is 0 Å². The Bertz CT molecular complexity index is 955. The summed E-state index contributed by atoms with van der Waals surface area (Å²) >= 11 is 7.44. The molecule has 0 bridgehead atoms. The highest BCUT2D eigenvalue weighted by Gasteiger charge is 2.23. The first-order chi connectivity index (χ1) is 14.2. The molecule has 4 rings (SSSR count). The van der Waals surface area contributed by atoms with E-state index in [1.54, 1.807) is 6.07 Å². The number of carbonyl (C=O) groups excluding carboxylic acids is 1. The van der Waals surface area contributed by atoms with E-state index in [0.29, 0.717) is 33.4 Å². The summed E-state index contributed by atoms with van der Waals surface area (Å²) in [5.74, 6) is 1.43. The molecule has 3 aromatic rings. The molecule has 0 unspecified atom stereocenters. The fourth-order valence-electron chi connectivity index (χ4n) is 3.56. The van der Waals surface area contributed by atoms with Crippen LogP contribution in [0, 0.1) is 5.92 Å². The lowest BCUT2D eigenvalue weighted by Crippen LogP contribution is -2.39. The van der Waals surface area contributed by atoms with Gasteiger partial charge in [-0.25, -0.2) is 0 Å². The number of amides is 1. The summed E-state index contributed by atoms with van der Waals surface area (Å²) in [6.07, 6.45) is 3.18. The minimum Gasteiger partial charge on any atom is -0.411 e. The van der Waals surface area contributed by atoms with Crippen molar-refractivity contribution in [1.82, 2.24) is 15.1 Å². The van der Waals surface area contributed by atoms with Gasteiger partial charge in [0, 0.05) is 13.1 Å². The molecule has 0 spiro atoms. The maximum absolute atomic E-state index is 12.6. The Morgan fingerprint density at radius 3 is 2.55 bits per heavy atom. The quantitative estimate of drug-likeness (QED) is 0.520. The molecular formula is C22H22ClN3O2S. The maximum Gasteiger partial charge on any atom is 0.277 e. The van der Waals surface area contributed by atoms with Crippen molar-refractivity contribution >= 4 is 29.3 Å². The number of rotatable bonds is 6. The molecule has 0 radical (unpaired) electrons. The number of thioether (sulfide) groups is 1. The van der Waals surface area contributed by atoms with E-state index in [2.05, 4.69) is 34.5 Å². The van der Waals surface area contributed by atoms with Crippen molar-refractivity contribution in [2.75, 3.05) is 18.8 Å². The number of hydrogen-bond acceptors (Lipinski definition) is 5. The monoisotopic (exact) mass is 427 g/mol. The van der Waals surface area contributed by atoms with E-state index in [1.807, 2.05) is 29.2 Å². The summed E-state index contributed by atoms with van der Waals surface area (Å²) < 4.78 is 5.66. The summed E-state index contributed by atoms with van der Waals surface area (Å²) in [4.78, 5) is 14.5. The third kappa shape index (κ3) is 5.19. The number of carbonyl (C=O) groups is 1. The zero-order valence-electron chi connectivity index (χ0n) is 16.0. The molecule has 0 N–H and O–H groups in total. The average molecular weight is 428 g/mol. The van der Waals surface area contributed by atoms with Crippen LogP contribution in [0.5, 0.6) is 0 Å². The molecule has 7 heteroatoms. The van der Waals surface area contributed by atoms with Gasteiger partial charge in [-0.05, 0) is 42.9 Å². The van der Waals surface area contributed by atoms with Crippen LogP contribution in [0.1, 0.15) is 18.4 Å². The van der Waals surface area contributed by atoms with E-state index in [-0.39, 0.29) is 5.91 Å². The SMILES string of the molecule is O=C(CSc1nnc(-c2ccccc2Cl)o1)N1CCC(Cc2ccccc2)CC1. The number of nitrogens with zero attached hydrogens (tertiary/aromatic N) is 3. The number of benzene rings is 2. The fourth-order valence-corrected chi connectivity index (χ4v) is 4.44. The van der Waals surface area contributed by atoms with Crippen LogP contribution in [0.25, 0.3) is 11.5 Å². The topological polar surface area (TPSA) is 59.2 Å². The van der Waals surface area contributed by atoms with Gasteiger partial charge < -0.3 is 9.32 Å². The Morgan fingerprint density at radius 1 is 1.07 bits per heavy atom. The highest BCUT2D eigenvalue weighted by Crippen LogP contribution is 2.29. The standard InChI is InChI=1S/C22H22ClN3O2S/c23-19-9-5-4-8-18(19)21-24-25-22(28-21)29-15-20(27)26-12-10-17(11-13-26)14-16-6-2-1-3-7-16/h1-9,17H,10-15H2. The van der Waals surface area contributed by atoms with Gasteiger partial charge in [-0.3, -0.25) is 4.79 Å². The predicted octanol–water partition coefficient (Wildman–Crippen LogP) is 4.96. The van der Waals surface area contributed by atoms with Gasteiger partial charge in [0.25, 0.3) is 5.22 Å². The molecule has 0 saturated carbocycles. The highest BCUT2D eigenvalue weighted by molar-refractivity contribution is 7.99. The summed E-state index contributed by atoms with van der Waals surface area (Å²) in [6, 6.07) is 17.9. The van der Waals surface area contributed by atoms with Crippen LogP contribution in [-0.2, 0) is 11.2 Å². The first kappa shape index (κ1) is 20.0. The van der Waals surface area contributed by atoms with Crippen LogP contribution in [0.15, 0.2) is 64.2 Å². The van der Waals surface area contributed by atoms with Gasteiger partial charge in [0.15, 0.2) is 0 Å². The normalized spacial score (nSPS) is 14.9.